The molecule has 0 amide bonds. The van der Waals surface area contributed by atoms with Gasteiger partial charge in [0.25, 0.3) is 0 Å². The Bertz CT molecular complexity index is 561. The first-order chi connectivity index (χ1) is 9.20. The lowest BCUT2D eigenvalue weighted by Gasteiger charge is -2.10. The monoisotopic (exact) mass is 254 g/mol. The van der Waals surface area contributed by atoms with Gasteiger partial charge in [-0.3, -0.25) is 5.41 Å². The number of para-hydroxylation sites is 1. The zero-order valence-corrected chi connectivity index (χ0v) is 11.0. The highest BCUT2D eigenvalue weighted by Crippen LogP contribution is 2.18. The summed E-state index contributed by atoms with van der Waals surface area (Å²) in [4.78, 5) is 0. The van der Waals surface area contributed by atoms with Gasteiger partial charge >= 0.3 is 0 Å². The number of benzene rings is 2. The van der Waals surface area contributed by atoms with Crippen molar-refractivity contribution in [3.05, 3.63) is 65.2 Å². The maximum Gasteiger partial charge on any atom is 0.130 e. The molecule has 2 aromatic carbocycles. The maximum atomic E-state index is 7.51. The van der Waals surface area contributed by atoms with E-state index in [1.54, 1.807) is 6.07 Å². The quantitative estimate of drug-likeness (QED) is 0.636. The van der Waals surface area contributed by atoms with Crippen molar-refractivity contribution in [3.8, 4) is 5.75 Å². The van der Waals surface area contributed by atoms with Gasteiger partial charge in [0.05, 0.1) is 5.56 Å². The molecule has 0 atom stereocenters. The molecule has 0 bridgehead atoms. The third-order valence-electron chi connectivity index (χ3n) is 3.00. The van der Waals surface area contributed by atoms with Gasteiger partial charge in [0.2, 0.25) is 0 Å². The summed E-state index contributed by atoms with van der Waals surface area (Å²) < 4.78 is 5.74. The summed E-state index contributed by atoms with van der Waals surface area (Å²) in [6.45, 7) is 2.61. The van der Waals surface area contributed by atoms with Crippen LogP contribution in [0.25, 0.3) is 0 Å². The van der Waals surface area contributed by atoms with Crippen LogP contribution in [-0.2, 0) is 13.0 Å². The largest absolute Gasteiger partial charge is 0.488 e. The molecule has 2 rings (SSSR count). The molecule has 2 aromatic rings. The van der Waals surface area contributed by atoms with Gasteiger partial charge in [-0.2, -0.15) is 0 Å². The first-order valence-corrected chi connectivity index (χ1v) is 6.34. The summed E-state index contributed by atoms with van der Waals surface area (Å²) in [5.74, 6) is 0.673. The number of hydrogen-bond acceptors (Lipinski definition) is 2. The molecule has 0 saturated carbocycles. The molecular formula is C16H18N2O. The molecule has 0 saturated heterocycles. The van der Waals surface area contributed by atoms with E-state index in [4.69, 9.17) is 15.9 Å². The van der Waals surface area contributed by atoms with Crippen LogP contribution in [-0.4, -0.2) is 5.84 Å². The smallest absolute Gasteiger partial charge is 0.130 e. The van der Waals surface area contributed by atoms with Gasteiger partial charge in [0.1, 0.15) is 18.2 Å². The first-order valence-electron chi connectivity index (χ1n) is 6.34. The van der Waals surface area contributed by atoms with Crippen molar-refractivity contribution in [1.29, 1.82) is 5.41 Å². The lowest BCUT2D eigenvalue weighted by atomic mass is 10.1. The summed E-state index contributed by atoms with van der Waals surface area (Å²) in [6.07, 6.45) is 1.04. The first kappa shape index (κ1) is 13.1. The van der Waals surface area contributed by atoms with Crippen LogP contribution >= 0.6 is 0 Å². The number of nitrogen functional groups attached to an aromatic ring is 1. The number of nitrogens with one attached hydrogen (secondary N) is 1. The number of rotatable bonds is 5. The second kappa shape index (κ2) is 6.05. The molecule has 98 valence electrons. The molecule has 0 fully saturated rings. The fourth-order valence-corrected chi connectivity index (χ4v) is 1.85. The molecule has 0 heterocycles. The van der Waals surface area contributed by atoms with Crippen LogP contribution in [0.4, 0.5) is 0 Å². The molecule has 0 aliphatic heterocycles. The Labute approximate surface area is 113 Å². The predicted octanol–water partition coefficient (Wildman–Crippen LogP) is 3.11. The van der Waals surface area contributed by atoms with Gasteiger partial charge < -0.3 is 10.5 Å². The van der Waals surface area contributed by atoms with Gasteiger partial charge in [-0.25, -0.2) is 0 Å². The Morgan fingerprint density at radius 3 is 2.32 bits per heavy atom. The van der Waals surface area contributed by atoms with Gasteiger partial charge in [0.15, 0.2) is 0 Å². The number of hydrogen-bond donors (Lipinski definition) is 2. The summed E-state index contributed by atoms with van der Waals surface area (Å²) in [6, 6.07) is 15.7. The Kier molecular flexibility index (Phi) is 4.18. The Balaban J connectivity index is 2.07. The number of amidine groups is 1. The summed E-state index contributed by atoms with van der Waals surface area (Å²) in [5, 5.41) is 7.51. The van der Waals surface area contributed by atoms with Crippen LogP contribution in [0.3, 0.4) is 0 Å². The molecule has 19 heavy (non-hydrogen) atoms. The lowest BCUT2D eigenvalue weighted by molar-refractivity contribution is 0.305. The molecule has 3 heteroatoms. The van der Waals surface area contributed by atoms with E-state index in [0.717, 1.165) is 12.0 Å². The fourth-order valence-electron chi connectivity index (χ4n) is 1.85. The van der Waals surface area contributed by atoms with Crippen LogP contribution in [0, 0.1) is 5.41 Å². The summed E-state index contributed by atoms with van der Waals surface area (Å²) >= 11 is 0. The number of nitrogens with two attached hydrogens (primary N) is 1. The lowest BCUT2D eigenvalue weighted by Crippen LogP contribution is -2.13. The minimum atomic E-state index is 0.0249. The number of aryl methyl sites for hydroxylation is 1. The SMILES string of the molecule is CCc1ccc(COc2ccccc2C(=N)N)cc1. The highest BCUT2D eigenvalue weighted by atomic mass is 16.5. The minimum Gasteiger partial charge on any atom is -0.488 e. The molecule has 0 aliphatic carbocycles. The molecule has 0 spiro atoms. The van der Waals surface area contributed by atoms with Gasteiger partial charge in [-0.1, -0.05) is 43.3 Å². The molecule has 3 nitrogen and oxygen atoms in total. The molecule has 0 aromatic heterocycles. The van der Waals surface area contributed by atoms with E-state index >= 15 is 0 Å². The van der Waals surface area contributed by atoms with Crippen LogP contribution in [0.15, 0.2) is 48.5 Å². The van der Waals surface area contributed by atoms with E-state index < -0.39 is 0 Å². The van der Waals surface area contributed by atoms with E-state index in [9.17, 15) is 0 Å². The van der Waals surface area contributed by atoms with Gasteiger partial charge in [-0.15, -0.1) is 0 Å². The fraction of sp³-hybridized carbons (Fsp3) is 0.188. The van der Waals surface area contributed by atoms with E-state index in [1.165, 1.54) is 5.56 Å². The van der Waals surface area contributed by atoms with Crippen molar-refractivity contribution in [1.82, 2.24) is 0 Å². The normalized spacial score (nSPS) is 10.2. The molecule has 0 unspecified atom stereocenters. The summed E-state index contributed by atoms with van der Waals surface area (Å²) in [7, 11) is 0. The van der Waals surface area contributed by atoms with Crippen molar-refractivity contribution in [3.63, 3.8) is 0 Å². The van der Waals surface area contributed by atoms with Crippen molar-refractivity contribution in [2.24, 2.45) is 5.73 Å². The predicted molar refractivity (Wildman–Crippen MR) is 77.6 cm³/mol. The second-order valence-corrected chi connectivity index (χ2v) is 4.37. The van der Waals surface area contributed by atoms with Crippen molar-refractivity contribution >= 4 is 5.84 Å². The zero-order valence-electron chi connectivity index (χ0n) is 11.0. The van der Waals surface area contributed by atoms with Crippen molar-refractivity contribution in [2.45, 2.75) is 20.0 Å². The van der Waals surface area contributed by atoms with E-state index in [0.29, 0.717) is 17.9 Å². The number of ether oxygens (including phenoxy) is 1. The average molecular weight is 254 g/mol. The van der Waals surface area contributed by atoms with Crippen molar-refractivity contribution in [2.75, 3.05) is 0 Å². The van der Waals surface area contributed by atoms with Gasteiger partial charge in [0, 0.05) is 0 Å². The van der Waals surface area contributed by atoms with Crippen LogP contribution in [0.1, 0.15) is 23.6 Å². The van der Waals surface area contributed by atoms with Gasteiger partial charge in [-0.05, 0) is 29.7 Å². The maximum absolute atomic E-state index is 7.51. The van der Waals surface area contributed by atoms with Crippen LogP contribution < -0.4 is 10.5 Å². The minimum absolute atomic E-state index is 0.0249. The Morgan fingerprint density at radius 1 is 1.05 bits per heavy atom. The van der Waals surface area contributed by atoms with E-state index in [-0.39, 0.29) is 5.84 Å². The second-order valence-electron chi connectivity index (χ2n) is 4.37. The molecule has 0 radical (unpaired) electrons. The Morgan fingerprint density at radius 2 is 1.68 bits per heavy atom. The highest BCUT2D eigenvalue weighted by molar-refractivity contribution is 5.97. The third-order valence-corrected chi connectivity index (χ3v) is 3.00. The third kappa shape index (κ3) is 3.35. The Hall–Kier alpha value is -2.29. The molecular weight excluding hydrogens is 236 g/mol. The topological polar surface area (TPSA) is 59.1 Å². The van der Waals surface area contributed by atoms with Crippen molar-refractivity contribution < 1.29 is 4.74 Å². The summed E-state index contributed by atoms with van der Waals surface area (Å²) in [5.41, 5.74) is 8.58. The van der Waals surface area contributed by atoms with Crippen LogP contribution in [0.2, 0.25) is 0 Å². The molecule has 3 N–H and O–H groups in total. The van der Waals surface area contributed by atoms with E-state index in [2.05, 4.69) is 31.2 Å². The highest BCUT2D eigenvalue weighted by Gasteiger charge is 2.05. The standard InChI is InChI=1S/C16H18N2O/c1-2-12-7-9-13(10-8-12)11-19-15-6-4-3-5-14(15)16(17)18/h3-10H,2,11H2,1H3,(H3,17,18). The zero-order chi connectivity index (χ0) is 13.7. The van der Waals surface area contributed by atoms with E-state index in [1.807, 2.05) is 18.2 Å². The average Bonchev–Trinajstić information content (AvgIpc) is 2.46. The van der Waals surface area contributed by atoms with Crippen LogP contribution in [0.5, 0.6) is 5.75 Å². The molecule has 0 aliphatic rings.